The first kappa shape index (κ1) is 16.0. The lowest BCUT2D eigenvalue weighted by Gasteiger charge is -2.24. The molecule has 2 atom stereocenters. The molecule has 0 spiro atoms. The van der Waals surface area contributed by atoms with Gasteiger partial charge in [-0.2, -0.15) is 0 Å². The van der Waals surface area contributed by atoms with Gasteiger partial charge in [0.05, 0.1) is 34.4 Å². The molecule has 0 radical (unpaired) electrons. The average molecular weight is 258 g/mol. The summed E-state index contributed by atoms with van der Waals surface area (Å²) in [6.07, 6.45) is -1.18. The molecule has 2 unspecified atom stereocenters. The monoisotopic (exact) mass is 258 g/mol. The van der Waals surface area contributed by atoms with E-state index in [1.807, 2.05) is 21.1 Å². The molecule has 0 fully saturated rings. The van der Waals surface area contributed by atoms with Crippen molar-refractivity contribution < 1.29 is 33.2 Å². The fourth-order valence-electron chi connectivity index (χ4n) is 0.700. The highest BCUT2D eigenvalue weighted by Crippen LogP contribution is 2.42. The smallest absolute Gasteiger partial charge is 0.394 e. The van der Waals surface area contributed by atoms with Crippen molar-refractivity contribution >= 4 is 7.82 Å². The molecule has 0 aromatic heterocycles. The zero-order valence-electron chi connectivity index (χ0n) is 9.87. The number of hydrogen-bond acceptors (Lipinski definition) is 5. The van der Waals surface area contributed by atoms with Crippen LogP contribution in [0.15, 0.2) is 0 Å². The molecule has 0 aromatic rings. The Labute approximate surface area is 95.4 Å². The summed E-state index contributed by atoms with van der Waals surface area (Å²) in [5.41, 5.74) is 0. The molecule has 0 aromatic carbocycles. The SMILES string of the molecule is C[N+](C)(C)CCOP(=O)(O)OCC(O)CO. The number of rotatable bonds is 8. The second-order valence-corrected chi connectivity index (χ2v) is 5.90. The van der Waals surface area contributed by atoms with Crippen LogP contribution in [0, 0.1) is 0 Å². The van der Waals surface area contributed by atoms with E-state index in [1.165, 1.54) is 0 Å². The quantitative estimate of drug-likeness (QED) is 0.389. The first-order valence-corrected chi connectivity index (χ1v) is 6.37. The van der Waals surface area contributed by atoms with Gasteiger partial charge in [0.2, 0.25) is 0 Å². The molecule has 7 nitrogen and oxygen atoms in total. The predicted molar refractivity (Wildman–Crippen MR) is 57.7 cm³/mol. The summed E-state index contributed by atoms with van der Waals surface area (Å²) in [5, 5.41) is 17.4. The summed E-state index contributed by atoms with van der Waals surface area (Å²) in [7, 11) is 1.63. The largest absolute Gasteiger partial charge is 0.472 e. The van der Waals surface area contributed by atoms with Crippen LogP contribution in [0.2, 0.25) is 0 Å². The summed E-state index contributed by atoms with van der Waals surface area (Å²) in [5.74, 6) is 0. The molecule has 0 saturated heterocycles. The number of hydrogen-bond donors (Lipinski definition) is 3. The highest BCUT2D eigenvalue weighted by molar-refractivity contribution is 7.47. The molecule has 0 aliphatic carbocycles. The Morgan fingerprint density at radius 3 is 2.31 bits per heavy atom. The molecule has 0 amide bonds. The van der Waals surface area contributed by atoms with Crippen molar-refractivity contribution in [3.05, 3.63) is 0 Å². The third-order valence-corrected chi connectivity index (χ3v) is 2.64. The van der Waals surface area contributed by atoms with Crippen LogP contribution in [0.5, 0.6) is 0 Å². The molecule has 3 N–H and O–H groups in total. The Kier molecular flexibility index (Phi) is 6.65. The van der Waals surface area contributed by atoms with Gasteiger partial charge in [-0.1, -0.05) is 0 Å². The highest BCUT2D eigenvalue weighted by atomic mass is 31.2. The van der Waals surface area contributed by atoms with Crippen LogP contribution in [-0.2, 0) is 13.6 Å². The lowest BCUT2D eigenvalue weighted by atomic mass is 10.4. The van der Waals surface area contributed by atoms with Gasteiger partial charge in [0.1, 0.15) is 19.3 Å². The van der Waals surface area contributed by atoms with Crippen LogP contribution in [0.25, 0.3) is 0 Å². The molecular formula is C8H21NO6P+. The Bertz CT molecular complexity index is 241. The van der Waals surface area contributed by atoms with Crippen LogP contribution in [0.3, 0.4) is 0 Å². The fraction of sp³-hybridized carbons (Fsp3) is 1.00. The number of phosphoric ester groups is 1. The van der Waals surface area contributed by atoms with E-state index in [-0.39, 0.29) is 6.61 Å². The summed E-state index contributed by atoms with van der Waals surface area (Å²) in [4.78, 5) is 9.17. The lowest BCUT2D eigenvalue weighted by molar-refractivity contribution is -0.870. The number of phosphoric acid groups is 1. The third-order valence-electron chi connectivity index (χ3n) is 1.66. The third kappa shape index (κ3) is 9.23. The second-order valence-electron chi connectivity index (χ2n) is 4.45. The normalized spacial score (nSPS) is 18.1. The Balaban J connectivity index is 3.83. The van der Waals surface area contributed by atoms with Crippen molar-refractivity contribution in [2.45, 2.75) is 6.10 Å². The van der Waals surface area contributed by atoms with Crippen molar-refractivity contribution in [1.29, 1.82) is 0 Å². The van der Waals surface area contributed by atoms with Gasteiger partial charge in [0.25, 0.3) is 0 Å². The van der Waals surface area contributed by atoms with Crippen LogP contribution in [0.1, 0.15) is 0 Å². The van der Waals surface area contributed by atoms with Crippen molar-refractivity contribution in [2.24, 2.45) is 0 Å². The topological polar surface area (TPSA) is 96.2 Å². The molecule has 0 aliphatic rings. The van der Waals surface area contributed by atoms with E-state index in [1.54, 1.807) is 0 Å². The maximum Gasteiger partial charge on any atom is 0.472 e. The minimum Gasteiger partial charge on any atom is -0.394 e. The summed E-state index contributed by atoms with van der Waals surface area (Å²) >= 11 is 0. The van der Waals surface area contributed by atoms with Crippen molar-refractivity contribution in [3.63, 3.8) is 0 Å². The maximum absolute atomic E-state index is 11.2. The first-order chi connectivity index (χ1) is 7.16. The van der Waals surface area contributed by atoms with Crippen molar-refractivity contribution in [1.82, 2.24) is 0 Å². The summed E-state index contributed by atoms with van der Waals surface area (Å²) in [6, 6.07) is 0. The molecule has 98 valence electrons. The first-order valence-electron chi connectivity index (χ1n) is 4.87. The molecule has 16 heavy (non-hydrogen) atoms. The predicted octanol–water partition coefficient (Wildman–Crippen LogP) is -0.821. The van der Waals surface area contributed by atoms with Crippen LogP contribution >= 0.6 is 7.82 Å². The van der Waals surface area contributed by atoms with Crippen molar-refractivity contribution in [3.8, 4) is 0 Å². The van der Waals surface area contributed by atoms with Gasteiger partial charge < -0.3 is 19.6 Å². The van der Waals surface area contributed by atoms with Gasteiger partial charge in [-0.3, -0.25) is 9.05 Å². The van der Waals surface area contributed by atoms with Crippen LogP contribution in [-0.4, -0.2) is 73.2 Å². The van der Waals surface area contributed by atoms with E-state index in [4.69, 9.17) is 15.1 Å². The highest BCUT2D eigenvalue weighted by Gasteiger charge is 2.23. The average Bonchev–Trinajstić information content (AvgIpc) is 2.12. The van der Waals surface area contributed by atoms with Gasteiger partial charge in [0, 0.05) is 0 Å². The Hall–Kier alpha value is -0.0100. The number of aliphatic hydroxyl groups excluding tert-OH is 2. The molecule has 0 saturated carbocycles. The van der Waals surface area contributed by atoms with E-state index < -0.39 is 27.1 Å². The van der Waals surface area contributed by atoms with E-state index in [9.17, 15) is 4.57 Å². The number of quaternary nitrogens is 1. The lowest BCUT2D eigenvalue weighted by Crippen LogP contribution is -2.37. The van der Waals surface area contributed by atoms with Gasteiger partial charge in [0.15, 0.2) is 0 Å². The molecule has 8 heteroatoms. The number of likely N-dealkylation sites (N-methyl/N-ethyl adjacent to an activating group) is 1. The van der Waals surface area contributed by atoms with Gasteiger partial charge in [-0.25, -0.2) is 4.57 Å². The Morgan fingerprint density at radius 1 is 1.31 bits per heavy atom. The second kappa shape index (κ2) is 6.66. The molecular weight excluding hydrogens is 237 g/mol. The van der Waals surface area contributed by atoms with E-state index in [2.05, 4.69) is 9.05 Å². The van der Waals surface area contributed by atoms with E-state index >= 15 is 0 Å². The number of nitrogens with zero attached hydrogens (tertiary/aromatic N) is 1. The van der Waals surface area contributed by atoms with Gasteiger partial charge in [-0.05, 0) is 0 Å². The van der Waals surface area contributed by atoms with Crippen molar-refractivity contribution in [2.75, 3.05) is 47.5 Å². The molecule has 0 bridgehead atoms. The standard InChI is InChI=1S/C8H20NO6P/c1-9(2,3)4-5-14-16(12,13)15-7-8(11)6-10/h8,10-11H,4-7H2,1-3H3/p+1. The van der Waals surface area contributed by atoms with Gasteiger partial charge >= 0.3 is 7.82 Å². The van der Waals surface area contributed by atoms with E-state index in [0.29, 0.717) is 11.0 Å². The summed E-state index contributed by atoms with van der Waals surface area (Å²) < 4.78 is 21.0. The van der Waals surface area contributed by atoms with E-state index in [0.717, 1.165) is 0 Å². The van der Waals surface area contributed by atoms with Crippen LogP contribution < -0.4 is 0 Å². The minimum absolute atomic E-state index is 0.0759. The summed E-state index contributed by atoms with van der Waals surface area (Å²) in [6.45, 7) is -0.337. The minimum atomic E-state index is -4.13. The zero-order valence-corrected chi connectivity index (χ0v) is 10.8. The van der Waals surface area contributed by atoms with Gasteiger partial charge in [-0.15, -0.1) is 0 Å². The molecule has 0 rings (SSSR count). The molecule has 0 aliphatic heterocycles. The maximum atomic E-state index is 11.2. The number of aliphatic hydroxyl groups is 2. The molecule has 0 heterocycles. The zero-order chi connectivity index (χ0) is 12.8. The fourth-order valence-corrected chi connectivity index (χ4v) is 1.45. The Morgan fingerprint density at radius 2 is 1.88 bits per heavy atom. The van der Waals surface area contributed by atoms with Crippen LogP contribution in [0.4, 0.5) is 0 Å².